The number of rotatable bonds is 10. The summed E-state index contributed by atoms with van der Waals surface area (Å²) in [5.74, 6) is -3.05. The molecule has 0 bridgehead atoms. The van der Waals surface area contributed by atoms with Crippen molar-refractivity contribution in [3.63, 3.8) is 0 Å². The third-order valence-electron chi connectivity index (χ3n) is 4.51. The van der Waals surface area contributed by atoms with E-state index in [9.17, 15) is 14.4 Å². The predicted molar refractivity (Wildman–Crippen MR) is 108 cm³/mol. The fraction of sp³-hybridized carbons (Fsp3) is 0.348. The van der Waals surface area contributed by atoms with Crippen molar-refractivity contribution in [2.45, 2.75) is 26.2 Å². The van der Waals surface area contributed by atoms with Crippen LogP contribution in [-0.2, 0) is 19.1 Å². The number of hydrogen-bond acceptors (Lipinski definition) is 6. The minimum atomic E-state index is -1.25. The number of carbonyl (C=O) groups is 3. The Labute approximate surface area is 170 Å². The van der Waals surface area contributed by atoms with Gasteiger partial charge in [-0.1, -0.05) is 42.5 Å². The molecule has 0 aliphatic heterocycles. The number of ketones is 1. The van der Waals surface area contributed by atoms with Crippen LogP contribution in [0.2, 0.25) is 0 Å². The second-order valence-corrected chi connectivity index (χ2v) is 6.36. The van der Waals surface area contributed by atoms with Crippen molar-refractivity contribution in [1.82, 2.24) is 0 Å². The molecule has 0 heterocycles. The van der Waals surface area contributed by atoms with Crippen LogP contribution in [0, 0.1) is 5.92 Å². The van der Waals surface area contributed by atoms with E-state index in [0.29, 0.717) is 16.9 Å². The van der Waals surface area contributed by atoms with Crippen LogP contribution in [-0.4, -0.2) is 38.0 Å². The first-order valence-corrected chi connectivity index (χ1v) is 9.57. The molecule has 0 saturated carbocycles. The summed E-state index contributed by atoms with van der Waals surface area (Å²) in [6, 6.07) is 15.7. The molecule has 2 rings (SSSR count). The van der Waals surface area contributed by atoms with Crippen LogP contribution in [0.25, 0.3) is 0 Å². The summed E-state index contributed by atoms with van der Waals surface area (Å²) in [7, 11) is 1.53. The van der Waals surface area contributed by atoms with Crippen molar-refractivity contribution in [3.05, 3.63) is 65.7 Å². The molecule has 0 spiro atoms. The number of Topliss-reactive ketones (excluding diaryl/α,β-unsaturated/α-hetero) is 1. The van der Waals surface area contributed by atoms with Gasteiger partial charge < -0.3 is 14.2 Å². The van der Waals surface area contributed by atoms with Crippen molar-refractivity contribution in [2.75, 3.05) is 20.3 Å². The van der Waals surface area contributed by atoms with E-state index in [2.05, 4.69) is 0 Å². The number of methoxy groups -OCH3 is 1. The zero-order valence-electron chi connectivity index (χ0n) is 16.9. The van der Waals surface area contributed by atoms with Crippen LogP contribution in [0.5, 0.6) is 5.75 Å². The monoisotopic (exact) mass is 398 g/mol. The molecule has 6 nitrogen and oxygen atoms in total. The van der Waals surface area contributed by atoms with Crippen molar-refractivity contribution in [3.8, 4) is 5.75 Å². The van der Waals surface area contributed by atoms with Crippen molar-refractivity contribution in [1.29, 1.82) is 0 Å². The highest BCUT2D eigenvalue weighted by atomic mass is 16.6. The molecule has 6 heteroatoms. The summed E-state index contributed by atoms with van der Waals surface area (Å²) in [6.45, 7) is 3.56. The smallest absolute Gasteiger partial charge is 0.320 e. The largest absolute Gasteiger partial charge is 0.497 e. The first kappa shape index (κ1) is 22.1. The molecule has 0 fully saturated rings. The van der Waals surface area contributed by atoms with Gasteiger partial charge in [0.1, 0.15) is 5.75 Å². The highest BCUT2D eigenvalue weighted by Crippen LogP contribution is 2.33. The normalized spacial score (nSPS) is 11.6. The topological polar surface area (TPSA) is 78.9 Å². The van der Waals surface area contributed by atoms with E-state index in [0.717, 1.165) is 0 Å². The second kappa shape index (κ2) is 11.0. The predicted octanol–water partition coefficient (Wildman–Crippen LogP) is 3.79. The molecule has 0 N–H and O–H groups in total. The Bertz CT molecular complexity index is 812. The molecule has 0 aliphatic rings. The van der Waals surface area contributed by atoms with E-state index >= 15 is 0 Å². The minimum absolute atomic E-state index is 0.0561. The fourth-order valence-corrected chi connectivity index (χ4v) is 3.13. The molecule has 1 unspecified atom stereocenters. The van der Waals surface area contributed by atoms with E-state index in [4.69, 9.17) is 14.2 Å². The van der Waals surface area contributed by atoms with Crippen molar-refractivity contribution < 1.29 is 28.6 Å². The lowest BCUT2D eigenvalue weighted by Crippen LogP contribution is -2.34. The molecule has 1 atom stereocenters. The molecule has 0 aliphatic carbocycles. The van der Waals surface area contributed by atoms with Gasteiger partial charge in [-0.15, -0.1) is 0 Å². The van der Waals surface area contributed by atoms with E-state index in [1.807, 2.05) is 6.07 Å². The molecular weight excluding hydrogens is 372 g/mol. The molecule has 0 radical (unpaired) electrons. The van der Waals surface area contributed by atoms with E-state index in [-0.39, 0.29) is 25.4 Å². The second-order valence-electron chi connectivity index (χ2n) is 6.36. The maximum absolute atomic E-state index is 12.9. The van der Waals surface area contributed by atoms with Gasteiger partial charge in [0.25, 0.3) is 0 Å². The molecular formula is C23H26O6. The summed E-state index contributed by atoms with van der Waals surface area (Å²) < 4.78 is 15.5. The Morgan fingerprint density at radius 3 is 2.03 bits per heavy atom. The summed E-state index contributed by atoms with van der Waals surface area (Å²) >= 11 is 0. The highest BCUT2D eigenvalue weighted by molar-refractivity contribution is 6.00. The number of carbonyl (C=O) groups excluding carboxylic acids is 3. The number of esters is 2. The van der Waals surface area contributed by atoms with Gasteiger partial charge in [0.05, 0.1) is 20.3 Å². The zero-order chi connectivity index (χ0) is 21.2. The van der Waals surface area contributed by atoms with Gasteiger partial charge in [0, 0.05) is 17.9 Å². The van der Waals surface area contributed by atoms with Gasteiger partial charge in [-0.05, 0) is 31.5 Å². The van der Waals surface area contributed by atoms with Gasteiger partial charge in [-0.2, -0.15) is 0 Å². The first-order valence-electron chi connectivity index (χ1n) is 9.57. The number of ether oxygens (including phenoxy) is 3. The van der Waals surface area contributed by atoms with E-state index in [1.54, 1.807) is 62.4 Å². The third kappa shape index (κ3) is 5.91. The number of hydrogen-bond donors (Lipinski definition) is 0. The standard InChI is InChI=1S/C23H26O6/c1-4-28-22(25)21(23(26)29-5-2)19(17-12-9-13-18(14-17)27-3)15-20(24)16-10-7-6-8-11-16/h6-14,19,21H,4-5,15H2,1-3H3. The van der Waals surface area contributed by atoms with Gasteiger partial charge in [0.15, 0.2) is 11.7 Å². The summed E-state index contributed by atoms with van der Waals surface area (Å²) in [5.41, 5.74) is 1.13. The molecule has 154 valence electrons. The Balaban J connectivity index is 2.48. The van der Waals surface area contributed by atoms with Crippen LogP contribution in [0.1, 0.15) is 42.1 Å². The van der Waals surface area contributed by atoms with Crippen LogP contribution >= 0.6 is 0 Å². The maximum Gasteiger partial charge on any atom is 0.320 e. The lowest BCUT2D eigenvalue weighted by atomic mass is 9.81. The first-order chi connectivity index (χ1) is 14.0. The molecule has 2 aromatic carbocycles. The highest BCUT2D eigenvalue weighted by Gasteiger charge is 2.39. The van der Waals surface area contributed by atoms with E-state index < -0.39 is 23.8 Å². The maximum atomic E-state index is 12.9. The van der Waals surface area contributed by atoms with Crippen molar-refractivity contribution in [2.24, 2.45) is 5.92 Å². The average molecular weight is 398 g/mol. The van der Waals surface area contributed by atoms with E-state index in [1.165, 1.54) is 7.11 Å². The summed E-state index contributed by atoms with van der Waals surface area (Å²) in [5, 5.41) is 0. The molecule has 0 saturated heterocycles. The Hall–Kier alpha value is -3.15. The fourth-order valence-electron chi connectivity index (χ4n) is 3.13. The average Bonchev–Trinajstić information content (AvgIpc) is 2.74. The zero-order valence-corrected chi connectivity index (χ0v) is 16.9. The molecule has 29 heavy (non-hydrogen) atoms. The van der Waals surface area contributed by atoms with Crippen LogP contribution in [0.3, 0.4) is 0 Å². The SMILES string of the molecule is CCOC(=O)C(C(=O)OCC)C(CC(=O)c1ccccc1)c1cccc(OC)c1. The lowest BCUT2D eigenvalue weighted by molar-refractivity contribution is -0.162. The molecule has 0 amide bonds. The Kier molecular flexibility index (Phi) is 8.40. The van der Waals surface area contributed by atoms with Gasteiger partial charge in [-0.3, -0.25) is 14.4 Å². The molecule has 0 aromatic heterocycles. The van der Waals surface area contributed by atoms with Gasteiger partial charge >= 0.3 is 11.9 Å². The van der Waals surface area contributed by atoms with Crippen molar-refractivity contribution >= 4 is 17.7 Å². The van der Waals surface area contributed by atoms with Gasteiger partial charge in [-0.25, -0.2) is 0 Å². The summed E-state index contributed by atoms with van der Waals surface area (Å²) in [6.07, 6.45) is -0.0561. The quantitative estimate of drug-likeness (QED) is 0.344. The molecule has 2 aromatic rings. The Morgan fingerprint density at radius 1 is 0.862 bits per heavy atom. The Morgan fingerprint density at radius 2 is 1.48 bits per heavy atom. The third-order valence-corrected chi connectivity index (χ3v) is 4.51. The lowest BCUT2D eigenvalue weighted by Gasteiger charge is -2.24. The van der Waals surface area contributed by atoms with Gasteiger partial charge in [0.2, 0.25) is 0 Å². The minimum Gasteiger partial charge on any atom is -0.497 e. The van der Waals surface area contributed by atoms with Crippen LogP contribution in [0.4, 0.5) is 0 Å². The van der Waals surface area contributed by atoms with Crippen LogP contribution < -0.4 is 4.74 Å². The summed E-state index contributed by atoms with van der Waals surface area (Å²) in [4.78, 5) is 38.3. The number of benzene rings is 2. The van der Waals surface area contributed by atoms with Crippen LogP contribution in [0.15, 0.2) is 54.6 Å².